The van der Waals surface area contributed by atoms with E-state index in [1.165, 1.54) is 0 Å². The van der Waals surface area contributed by atoms with Crippen molar-refractivity contribution >= 4 is 11.9 Å². The summed E-state index contributed by atoms with van der Waals surface area (Å²) in [6.45, 7) is 7.33. The number of carbonyl (C=O) groups is 2. The predicted molar refractivity (Wildman–Crippen MR) is 93.6 cm³/mol. The molecule has 0 atom stereocenters. The summed E-state index contributed by atoms with van der Waals surface area (Å²) < 4.78 is 10.4. The largest absolute Gasteiger partial charge is 0.461 e. The first-order chi connectivity index (χ1) is 11.8. The Labute approximate surface area is 147 Å². The number of ether oxygens (including phenoxy) is 2. The van der Waals surface area contributed by atoms with Crippen LogP contribution in [0.5, 0.6) is 0 Å². The van der Waals surface area contributed by atoms with Gasteiger partial charge in [-0.2, -0.15) is 5.10 Å². The van der Waals surface area contributed by atoms with Crippen LogP contribution in [0.4, 0.5) is 0 Å². The van der Waals surface area contributed by atoms with Gasteiger partial charge < -0.3 is 9.47 Å². The number of benzene rings is 1. The molecule has 0 fully saturated rings. The van der Waals surface area contributed by atoms with E-state index in [9.17, 15) is 9.59 Å². The van der Waals surface area contributed by atoms with E-state index in [-0.39, 0.29) is 18.0 Å². The van der Waals surface area contributed by atoms with E-state index in [0.29, 0.717) is 18.4 Å². The van der Waals surface area contributed by atoms with Gasteiger partial charge in [0.1, 0.15) is 11.3 Å². The summed E-state index contributed by atoms with van der Waals surface area (Å²) in [7, 11) is 0. The topological polar surface area (TPSA) is 81.3 Å². The van der Waals surface area contributed by atoms with Crippen molar-refractivity contribution in [1.29, 1.82) is 0 Å². The van der Waals surface area contributed by atoms with Crippen LogP contribution in [0.3, 0.4) is 0 Å². The van der Waals surface area contributed by atoms with Gasteiger partial charge in [-0.3, -0.25) is 5.10 Å². The van der Waals surface area contributed by atoms with Crippen molar-refractivity contribution in [2.45, 2.75) is 46.1 Å². The molecule has 0 radical (unpaired) electrons. The Morgan fingerprint density at radius 1 is 1.08 bits per heavy atom. The molecule has 0 bridgehead atoms. The summed E-state index contributed by atoms with van der Waals surface area (Å²) in [4.78, 5) is 24.6. The first-order valence-corrected chi connectivity index (χ1v) is 8.33. The van der Waals surface area contributed by atoms with Crippen molar-refractivity contribution in [2.24, 2.45) is 0 Å². The fraction of sp³-hybridized carbons (Fsp3) is 0.421. The second-order valence-electron chi connectivity index (χ2n) is 6.63. The molecule has 1 heterocycles. The van der Waals surface area contributed by atoms with Gasteiger partial charge >= 0.3 is 11.9 Å². The molecule has 25 heavy (non-hydrogen) atoms. The van der Waals surface area contributed by atoms with Gasteiger partial charge in [0.15, 0.2) is 5.69 Å². The lowest BCUT2D eigenvalue weighted by atomic mass is 10.0. The summed E-state index contributed by atoms with van der Waals surface area (Å²) in [6, 6.07) is 9.84. The Kier molecular flexibility index (Phi) is 5.96. The normalized spacial score (nSPS) is 11.2. The van der Waals surface area contributed by atoms with Gasteiger partial charge in [0.2, 0.25) is 0 Å². The van der Waals surface area contributed by atoms with Gasteiger partial charge in [-0.25, -0.2) is 9.59 Å². The summed E-state index contributed by atoms with van der Waals surface area (Å²) in [5.74, 6) is -1.07. The zero-order chi connectivity index (χ0) is 18.4. The lowest BCUT2D eigenvalue weighted by Gasteiger charge is -2.19. The highest BCUT2D eigenvalue weighted by molar-refractivity contribution is 5.96. The zero-order valence-corrected chi connectivity index (χ0v) is 15.1. The molecule has 1 aromatic carbocycles. The Morgan fingerprint density at radius 2 is 1.76 bits per heavy atom. The van der Waals surface area contributed by atoms with Crippen LogP contribution in [0.2, 0.25) is 0 Å². The van der Waals surface area contributed by atoms with E-state index in [2.05, 4.69) is 10.2 Å². The molecule has 6 nitrogen and oxygen atoms in total. The second-order valence-corrected chi connectivity index (χ2v) is 6.63. The van der Waals surface area contributed by atoms with E-state index in [1.807, 2.05) is 30.3 Å². The summed E-state index contributed by atoms with van der Waals surface area (Å²) >= 11 is 0. The molecule has 0 unspecified atom stereocenters. The average molecular weight is 344 g/mol. The first-order valence-electron chi connectivity index (χ1n) is 8.33. The minimum absolute atomic E-state index is 0.133. The van der Waals surface area contributed by atoms with Crippen LogP contribution in [0.1, 0.15) is 59.8 Å². The number of esters is 2. The summed E-state index contributed by atoms with van der Waals surface area (Å²) in [6.07, 6.45) is 1.14. The third-order valence-electron chi connectivity index (χ3n) is 3.45. The molecule has 0 amide bonds. The molecule has 0 aliphatic rings. The molecule has 2 rings (SSSR count). The predicted octanol–water partition coefficient (Wildman–Crippen LogP) is 3.33. The molecular weight excluding hydrogens is 320 g/mol. The van der Waals surface area contributed by atoms with Crippen molar-refractivity contribution in [3.05, 3.63) is 52.8 Å². The van der Waals surface area contributed by atoms with Gasteiger partial charge in [-0.05, 0) is 46.1 Å². The van der Waals surface area contributed by atoms with Crippen LogP contribution < -0.4 is 0 Å². The highest BCUT2D eigenvalue weighted by atomic mass is 16.6. The fourth-order valence-electron chi connectivity index (χ4n) is 2.39. The Hall–Kier alpha value is -2.63. The Bertz CT molecular complexity index is 730. The second kappa shape index (κ2) is 7.96. The number of H-pyrrole nitrogens is 1. The van der Waals surface area contributed by atoms with Crippen molar-refractivity contribution in [1.82, 2.24) is 10.2 Å². The quantitative estimate of drug-likeness (QED) is 0.813. The smallest absolute Gasteiger partial charge is 0.359 e. The molecular formula is C19H24N2O4. The summed E-state index contributed by atoms with van der Waals surface area (Å²) in [5, 5.41) is 6.65. The number of hydrogen-bond donors (Lipinski definition) is 1. The van der Waals surface area contributed by atoms with Gasteiger partial charge in [-0.1, -0.05) is 30.3 Å². The van der Waals surface area contributed by atoms with Crippen LogP contribution in [-0.2, 0) is 22.3 Å². The van der Waals surface area contributed by atoms with E-state index in [0.717, 1.165) is 5.56 Å². The number of aryl methyl sites for hydroxylation is 1. The lowest BCUT2D eigenvalue weighted by molar-refractivity contribution is 0.00615. The fourth-order valence-corrected chi connectivity index (χ4v) is 2.39. The number of aromatic amines is 1. The monoisotopic (exact) mass is 344 g/mol. The van der Waals surface area contributed by atoms with Gasteiger partial charge in [0, 0.05) is 5.56 Å². The molecule has 134 valence electrons. The molecule has 0 aliphatic heterocycles. The van der Waals surface area contributed by atoms with Crippen LogP contribution in [-0.4, -0.2) is 34.3 Å². The van der Waals surface area contributed by atoms with E-state index in [1.54, 1.807) is 27.7 Å². The Morgan fingerprint density at radius 3 is 2.36 bits per heavy atom. The number of rotatable bonds is 6. The number of aromatic nitrogens is 2. The van der Waals surface area contributed by atoms with E-state index in [4.69, 9.17) is 9.47 Å². The number of nitrogens with one attached hydrogen (secondary N) is 1. The van der Waals surface area contributed by atoms with Crippen LogP contribution >= 0.6 is 0 Å². The van der Waals surface area contributed by atoms with Crippen molar-refractivity contribution in [2.75, 3.05) is 6.61 Å². The molecule has 0 aliphatic carbocycles. The van der Waals surface area contributed by atoms with Crippen LogP contribution in [0.25, 0.3) is 0 Å². The third-order valence-corrected chi connectivity index (χ3v) is 3.45. The number of carbonyl (C=O) groups excluding carboxylic acids is 2. The van der Waals surface area contributed by atoms with Gasteiger partial charge in [0.05, 0.1) is 6.61 Å². The van der Waals surface area contributed by atoms with E-state index >= 15 is 0 Å². The molecule has 1 N–H and O–H groups in total. The molecule has 1 aromatic heterocycles. The molecule has 6 heteroatoms. The maximum absolute atomic E-state index is 12.4. The third kappa shape index (κ3) is 5.17. The van der Waals surface area contributed by atoms with Gasteiger partial charge in [0.25, 0.3) is 0 Å². The number of nitrogens with zero attached hydrogens (tertiary/aromatic N) is 1. The average Bonchev–Trinajstić information content (AvgIpc) is 2.96. The maximum atomic E-state index is 12.4. The molecule has 0 saturated carbocycles. The van der Waals surface area contributed by atoms with Crippen molar-refractivity contribution in [3.8, 4) is 0 Å². The van der Waals surface area contributed by atoms with Crippen molar-refractivity contribution < 1.29 is 19.1 Å². The van der Waals surface area contributed by atoms with E-state index < -0.39 is 17.5 Å². The summed E-state index contributed by atoms with van der Waals surface area (Å²) in [5.41, 5.74) is 1.33. The first kappa shape index (κ1) is 18.7. The minimum atomic E-state index is -0.642. The standard InChI is InChI=1S/C19H24N2O4/c1-5-24-17(22)15-14(12-11-13-9-7-6-8-10-13)16(21-20-15)18(23)25-19(2,3)4/h6-10H,5,11-12H2,1-4H3,(H,20,21). The highest BCUT2D eigenvalue weighted by Crippen LogP contribution is 2.19. The van der Waals surface area contributed by atoms with Crippen molar-refractivity contribution in [3.63, 3.8) is 0 Å². The highest BCUT2D eigenvalue weighted by Gasteiger charge is 2.27. The Balaban J connectivity index is 2.29. The van der Waals surface area contributed by atoms with Crippen LogP contribution in [0, 0.1) is 0 Å². The maximum Gasteiger partial charge on any atom is 0.359 e. The lowest BCUT2D eigenvalue weighted by Crippen LogP contribution is -2.25. The van der Waals surface area contributed by atoms with Crippen LogP contribution in [0.15, 0.2) is 30.3 Å². The SMILES string of the molecule is CCOC(=O)c1[nH]nc(C(=O)OC(C)(C)C)c1CCc1ccccc1. The molecule has 0 saturated heterocycles. The molecule has 0 spiro atoms. The number of hydrogen-bond acceptors (Lipinski definition) is 5. The zero-order valence-electron chi connectivity index (χ0n) is 15.1. The van der Waals surface area contributed by atoms with Gasteiger partial charge in [-0.15, -0.1) is 0 Å². The molecule has 2 aromatic rings. The minimum Gasteiger partial charge on any atom is -0.461 e.